The number of rotatable bonds is 7. The van der Waals surface area contributed by atoms with Crippen molar-refractivity contribution in [2.75, 3.05) is 6.54 Å². The molecular weight excluding hydrogens is 208 g/mol. The Balaban J connectivity index is 2.28. The summed E-state index contributed by atoms with van der Waals surface area (Å²) in [6.07, 6.45) is 6.76. The van der Waals surface area contributed by atoms with Gasteiger partial charge in [0, 0.05) is 24.2 Å². The zero-order valence-corrected chi connectivity index (χ0v) is 12.5. The minimum absolute atomic E-state index is 0.624. The molecule has 1 fully saturated rings. The van der Waals surface area contributed by atoms with Crippen LogP contribution in [0.1, 0.15) is 66.7 Å². The van der Waals surface area contributed by atoms with Crippen molar-refractivity contribution in [3.63, 3.8) is 0 Å². The van der Waals surface area contributed by atoms with Crippen molar-refractivity contribution in [3.8, 4) is 0 Å². The van der Waals surface area contributed by atoms with Crippen LogP contribution in [-0.4, -0.2) is 35.6 Å². The second-order valence-corrected chi connectivity index (χ2v) is 6.04. The maximum absolute atomic E-state index is 3.51. The molecular formula is C15H32N2. The molecule has 1 N–H and O–H groups in total. The fourth-order valence-corrected chi connectivity index (χ4v) is 3.24. The molecule has 0 aromatic carbocycles. The van der Waals surface area contributed by atoms with Crippen LogP contribution in [0, 0.1) is 0 Å². The lowest BCUT2D eigenvalue weighted by Gasteiger charge is -2.34. The van der Waals surface area contributed by atoms with Gasteiger partial charge in [-0.1, -0.05) is 20.8 Å². The molecule has 2 heteroatoms. The third kappa shape index (κ3) is 4.59. The highest BCUT2D eigenvalue weighted by molar-refractivity contribution is 4.87. The van der Waals surface area contributed by atoms with Gasteiger partial charge in [0.1, 0.15) is 0 Å². The number of hydrogen-bond acceptors (Lipinski definition) is 2. The van der Waals surface area contributed by atoms with E-state index in [1.54, 1.807) is 0 Å². The van der Waals surface area contributed by atoms with Crippen LogP contribution < -0.4 is 5.32 Å². The van der Waals surface area contributed by atoms with Crippen LogP contribution >= 0.6 is 0 Å². The number of nitrogens with zero attached hydrogens (tertiary/aromatic N) is 1. The minimum Gasteiger partial charge on any atom is -0.315 e. The van der Waals surface area contributed by atoms with Crippen LogP contribution in [0.2, 0.25) is 0 Å². The van der Waals surface area contributed by atoms with E-state index in [0.717, 1.165) is 18.1 Å². The van der Waals surface area contributed by atoms with E-state index in [2.05, 4.69) is 44.8 Å². The predicted octanol–water partition coefficient (Wildman–Crippen LogP) is 3.42. The highest BCUT2D eigenvalue weighted by Crippen LogP contribution is 2.29. The Morgan fingerprint density at radius 1 is 1.24 bits per heavy atom. The Kier molecular flexibility index (Phi) is 6.50. The van der Waals surface area contributed by atoms with Crippen LogP contribution in [0.25, 0.3) is 0 Å². The van der Waals surface area contributed by atoms with Gasteiger partial charge in [0.25, 0.3) is 0 Å². The Hall–Kier alpha value is -0.0800. The smallest absolute Gasteiger partial charge is 0.00988 e. The van der Waals surface area contributed by atoms with Gasteiger partial charge in [-0.15, -0.1) is 0 Å². The highest BCUT2D eigenvalue weighted by Gasteiger charge is 2.32. The van der Waals surface area contributed by atoms with Crippen LogP contribution in [0.5, 0.6) is 0 Å². The lowest BCUT2D eigenvalue weighted by Crippen LogP contribution is -2.41. The first-order chi connectivity index (χ1) is 8.06. The molecule has 17 heavy (non-hydrogen) atoms. The molecule has 0 aromatic rings. The van der Waals surface area contributed by atoms with E-state index in [9.17, 15) is 0 Å². The standard InChI is InChI=1S/C15H32N2/c1-6-15-10-9-14(5)17(15)13(4)8-7-11-16-12(2)3/h12-16H,6-11H2,1-5H3. The van der Waals surface area contributed by atoms with Crippen LogP contribution in [0.4, 0.5) is 0 Å². The summed E-state index contributed by atoms with van der Waals surface area (Å²) in [6, 6.07) is 3.02. The molecule has 0 spiro atoms. The average Bonchev–Trinajstić information content (AvgIpc) is 2.65. The molecule has 0 saturated carbocycles. The molecule has 0 amide bonds. The first-order valence-electron chi connectivity index (χ1n) is 7.57. The van der Waals surface area contributed by atoms with Gasteiger partial charge in [0.05, 0.1) is 0 Å². The van der Waals surface area contributed by atoms with Crippen molar-refractivity contribution in [1.82, 2.24) is 10.2 Å². The lowest BCUT2D eigenvalue weighted by molar-refractivity contribution is 0.135. The molecule has 3 atom stereocenters. The van der Waals surface area contributed by atoms with Gasteiger partial charge in [0.2, 0.25) is 0 Å². The van der Waals surface area contributed by atoms with E-state index in [1.165, 1.54) is 38.6 Å². The summed E-state index contributed by atoms with van der Waals surface area (Å²) in [5, 5.41) is 3.51. The van der Waals surface area contributed by atoms with Crippen molar-refractivity contribution in [2.45, 2.75) is 90.9 Å². The highest BCUT2D eigenvalue weighted by atomic mass is 15.2. The summed E-state index contributed by atoms with van der Waals surface area (Å²) in [5.41, 5.74) is 0. The minimum atomic E-state index is 0.624. The number of likely N-dealkylation sites (tertiary alicyclic amines) is 1. The number of nitrogens with one attached hydrogen (secondary N) is 1. The largest absolute Gasteiger partial charge is 0.315 e. The van der Waals surface area contributed by atoms with E-state index in [1.807, 2.05) is 0 Å². The van der Waals surface area contributed by atoms with Crippen LogP contribution in [0.15, 0.2) is 0 Å². The van der Waals surface area contributed by atoms with Gasteiger partial charge in [-0.2, -0.15) is 0 Å². The molecule has 0 bridgehead atoms. The Morgan fingerprint density at radius 2 is 1.94 bits per heavy atom. The summed E-state index contributed by atoms with van der Waals surface area (Å²) in [7, 11) is 0. The third-order valence-electron chi connectivity index (χ3n) is 4.18. The van der Waals surface area contributed by atoms with E-state index in [4.69, 9.17) is 0 Å². The van der Waals surface area contributed by atoms with E-state index in [-0.39, 0.29) is 0 Å². The average molecular weight is 240 g/mol. The van der Waals surface area contributed by atoms with Crippen LogP contribution in [-0.2, 0) is 0 Å². The number of hydrogen-bond donors (Lipinski definition) is 1. The molecule has 1 saturated heterocycles. The maximum atomic E-state index is 3.51. The summed E-state index contributed by atoms with van der Waals surface area (Å²) in [5.74, 6) is 0. The molecule has 1 heterocycles. The van der Waals surface area contributed by atoms with Gasteiger partial charge in [0.15, 0.2) is 0 Å². The fraction of sp³-hybridized carbons (Fsp3) is 1.00. The van der Waals surface area contributed by atoms with Gasteiger partial charge in [-0.05, 0) is 52.5 Å². The monoisotopic (exact) mass is 240 g/mol. The summed E-state index contributed by atoms with van der Waals surface area (Å²) in [6.45, 7) is 12.8. The second-order valence-electron chi connectivity index (χ2n) is 6.04. The zero-order chi connectivity index (χ0) is 12.8. The molecule has 0 aliphatic carbocycles. The Bertz CT molecular complexity index is 203. The van der Waals surface area contributed by atoms with Gasteiger partial charge >= 0.3 is 0 Å². The van der Waals surface area contributed by atoms with Gasteiger partial charge < -0.3 is 5.32 Å². The van der Waals surface area contributed by atoms with Gasteiger partial charge in [-0.25, -0.2) is 0 Å². The Morgan fingerprint density at radius 3 is 2.53 bits per heavy atom. The summed E-state index contributed by atoms with van der Waals surface area (Å²) < 4.78 is 0. The van der Waals surface area contributed by atoms with Crippen molar-refractivity contribution >= 4 is 0 Å². The molecule has 102 valence electrons. The maximum Gasteiger partial charge on any atom is 0.00988 e. The molecule has 2 nitrogen and oxygen atoms in total. The molecule has 1 rings (SSSR count). The normalized spacial score (nSPS) is 27.9. The third-order valence-corrected chi connectivity index (χ3v) is 4.18. The Labute approximate surface area is 108 Å². The molecule has 0 aromatic heterocycles. The zero-order valence-electron chi connectivity index (χ0n) is 12.5. The molecule has 1 aliphatic heterocycles. The van der Waals surface area contributed by atoms with Crippen molar-refractivity contribution in [3.05, 3.63) is 0 Å². The van der Waals surface area contributed by atoms with Crippen molar-refractivity contribution < 1.29 is 0 Å². The topological polar surface area (TPSA) is 15.3 Å². The fourth-order valence-electron chi connectivity index (χ4n) is 3.24. The van der Waals surface area contributed by atoms with Gasteiger partial charge in [-0.3, -0.25) is 4.90 Å². The lowest BCUT2D eigenvalue weighted by atomic mass is 10.1. The van der Waals surface area contributed by atoms with Crippen molar-refractivity contribution in [1.29, 1.82) is 0 Å². The summed E-state index contributed by atoms with van der Waals surface area (Å²) >= 11 is 0. The molecule has 0 radical (unpaired) electrons. The molecule has 3 unspecified atom stereocenters. The van der Waals surface area contributed by atoms with E-state index >= 15 is 0 Å². The summed E-state index contributed by atoms with van der Waals surface area (Å²) in [4.78, 5) is 2.77. The second kappa shape index (κ2) is 7.38. The SMILES string of the molecule is CCC1CCC(C)N1C(C)CCCNC(C)C. The predicted molar refractivity (Wildman–Crippen MR) is 76.4 cm³/mol. The first-order valence-corrected chi connectivity index (χ1v) is 7.57. The quantitative estimate of drug-likeness (QED) is 0.686. The van der Waals surface area contributed by atoms with E-state index < -0.39 is 0 Å². The van der Waals surface area contributed by atoms with Crippen LogP contribution in [0.3, 0.4) is 0 Å². The molecule has 1 aliphatic rings. The van der Waals surface area contributed by atoms with Crippen molar-refractivity contribution in [2.24, 2.45) is 0 Å². The first kappa shape index (κ1) is 15.0. The van der Waals surface area contributed by atoms with E-state index in [0.29, 0.717) is 6.04 Å².